The summed E-state index contributed by atoms with van der Waals surface area (Å²) in [4.78, 5) is 0. The molecule has 0 amide bonds. The summed E-state index contributed by atoms with van der Waals surface area (Å²) in [6.07, 6.45) is 7.78. The van der Waals surface area contributed by atoms with Crippen molar-refractivity contribution in [3.05, 3.63) is 0 Å². The zero-order chi connectivity index (χ0) is 11.0. The van der Waals surface area contributed by atoms with Crippen LogP contribution < -0.4 is 5.32 Å². The summed E-state index contributed by atoms with van der Waals surface area (Å²) in [5.41, 5.74) is 0. The van der Waals surface area contributed by atoms with Gasteiger partial charge >= 0.3 is 0 Å². The van der Waals surface area contributed by atoms with Crippen LogP contribution in [0.4, 0.5) is 0 Å². The highest BCUT2D eigenvalue weighted by atomic mass is 16.5. The first-order valence-electron chi connectivity index (χ1n) is 6.83. The van der Waals surface area contributed by atoms with Crippen molar-refractivity contribution in [1.82, 2.24) is 5.32 Å². The van der Waals surface area contributed by atoms with Crippen LogP contribution in [0, 0.1) is 5.92 Å². The second kappa shape index (κ2) is 4.63. The Kier molecular flexibility index (Phi) is 3.18. The fourth-order valence-corrected chi connectivity index (χ4v) is 3.04. The van der Waals surface area contributed by atoms with Gasteiger partial charge in [-0.05, 0) is 44.9 Å². The Balaban J connectivity index is 1.43. The average molecular weight is 225 g/mol. The molecule has 2 heterocycles. The molecule has 0 aromatic rings. The van der Waals surface area contributed by atoms with Gasteiger partial charge in [0.1, 0.15) is 0 Å². The molecule has 4 atom stereocenters. The lowest BCUT2D eigenvalue weighted by atomic mass is 10.1. The van der Waals surface area contributed by atoms with Crippen LogP contribution in [0.1, 0.15) is 39.0 Å². The topological polar surface area (TPSA) is 30.5 Å². The molecule has 3 rings (SSSR count). The standard InChI is InChI=1S/C13H23NO2/c1-9-2-5-11(16-9)8-14-12-6-7-15-13(12)10-3-4-10/h9-14H,2-8H2,1H3. The van der Waals surface area contributed by atoms with Gasteiger partial charge in [0.15, 0.2) is 0 Å². The Labute approximate surface area is 97.9 Å². The van der Waals surface area contributed by atoms with Crippen LogP contribution in [0.3, 0.4) is 0 Å². The van der Waals surface area contributed by atoms with Crippen LogP contribution in [0.15, 0.2) is 0 Å². The monoisotopic (exact) mass is 225 g/mol. The van der Waals surface area contributed by atoms with E-state index in [1.165, 1.54) is 32.1 Å². The first-order valence-corrected chi connectivity index (χ1v) is 6.83. The van der Waals surface area contributed by atoms with Crippen molar-refractivity contribution >= 4 is 0 Å². The van der Waals surface area contributed by atoms with E-state index >= 15 is 0 Å². The van der Waals surface area contributed by atoms with E-state index < -0.39 is 0 Å². The Morgan fingerprint density at radius 2 is 2.00 bits per heavy atom. The largest absolute Gasteiger partial charge is 0.376 e. The summed E-state index contributed by atoms with van der Waals surface area (Å²) in [5, 5.41) is 3.67. The van der Waals surface area contributed by atoms with Crippen LogP contribution >= 0.6 is 0 Å². The highest BCUT2D eigenvalue weighted by Crippen LogP contribution is 2.38. The predicted molar refractivity (Wildman–Crippen MR) is 62.4 cm³/mol. The maximum atomic E-state index is 5.83. The van der Waals surface area contributed by atoms with Crippen molar-refractivity contribution in [2.24, 2.45) is 5.92 Å². The zero-order valence-electron chi connectivity index (χ0n) is 10.2. The van der Waals surface area contributed by atoms with Gasteiger partial charge < -0.3 is 14.8 Å². The van der Waals surface area contributed by atoms with E-state index in [0.29, 0.717) is 24.4 Å². The molecule has 3 heteroatoms. The van der Waals surface area contributed by atoms with Crippen LogP contribution in [0.5, 0.6) is 0 Å². The fourth-order valence-electron chi connectivity index (χ4n) is 3.04. The third-order valence-corrected chi connectivity index (χ3v) is 4.15. The maximum Gasteiger partial charge on any atom is 0.0756 e. The Morgan fingerprint density at radius 1 is 1.12 bits per heavy atom. The van der Waals surface area contributed by atoms with Crippen molar-refractivity contribution in [1.29, 1.82) is 0 Å². The molecule has 0 spiro atoms. The summed E-state index contributed by atoms with van der Waals surface area (Å²) in [7, 11) is 0. The lowest BCUT2D eigenvalue weighted by molar-refractivity contribution is 0.0471. The van der Waals surface area contributed by atoms with Gasteiger partial charge in [-0.25, -0.2) is 0 Å². The Hall–Kier alpha value is -0.120. The zero-order valence-corrected chi connectivity index (χ0v) is 10.2. The van der Waals surface area contributed by atoms with Crippen molar-refractivity contribution in [3.8, 4) is 0 Å². The number of ether oxygens (including phenoxy) is 2. The quantitative estimate of drug-likeness (QED) is 0.790. The third kappa shape index (κ3) is 2.41. The molecular formula is C13H23NO2. The van der Waals surface area contributed by atoms with E-state index in [-0.39, 0.29) is 0 Å². The molecule has 1 N–H and O–H groups in total. The minimum absolute atomic E-state index is 0.440. The molecule has 2 aliphatic heterocycles. The Morgan fingerprint density at radius 3 is 2.69 bits per heavy atom. The van der Waals surface area contributed by atoms with E-state index in [0.717, 1.165) is 19.1 Å². The van der Waals surface area contributed by atoms with E-state index in [9.17, 15) is 0 Å². The van der Waals surface area contributed by atoms with Gasteiger partial charge in [0.2, 0.25) is 0 Å². The summed E-state index contributed by atoms with van der Waals surface area (Å²) >= 11 is 0. The summed E-state index contributed by atoms with van der Waals surface area (Å²) < 4.78 is 11.7. The lowest BCUT2D eigenvalue weighted by Gasteiger charge is -2.21. The molecule has 2 saturated heterocycles. The Bertz CT molecular complexity index is 242. The predicted octanol–water partition coefficient (Wildman–Crippen LogP) is 1.71. The van der Waals surface area contributed by atoms with Gasteiger partial charge in [-0.1, -0.05) is 0 Å². The van der Waals surface area contributed by atoms with E-state index in [1.807, 2.05) is 0 Å². The molecular weight excluding hydrogens is 202 g/mol. The molecule has 0 aromatic heterocycles. The van der Waals surface area contributed by atoms with Crippen LogP contribution in [0.2, 0.25) is 0 Å². The average Bonchev–Trinajstić information content (AvgIpc) is 2.86. The van der Waals surface area contributed by atoms with Gasteiger partial charge in [-0.2, -0.15) is 0 Å². The second-order valence-corrected chi connectivity index (χ2v) is 5.62. The van der Waals surface area contributed by atoms with Gasteiger partial charge in [0.05, 0.1) is 18.3 Å². The summed E-state index contributed by atoms with van der Waals surface area (Å²) in [6.45, 7) is 4.13. The number of nitrogens with one attached hydrogen (secondary N) is 1. The molecule has 1 aliphatic carbocycles. The summed E-state index contributed by atoms with van der Waals surface area (Å²) in [6, 6.07) is 0.590. The molecule has 0 radical (unpaired) electrons. The fraction of sp³-hybridized carbons (Fsp3) is 1.00. The minimum Gasteiger partial charge on any atom is -0.376 e. The first-order chi connectivity index (χ1) is 7.83. The number of hydrogen-bond donors (Lipinski definition) is 1. The lowest BCUT2D eigenvalue weighted by Crippen LogP contribution is -2.41. The highest BCUT2D eigenvalue weighted by molar-refractivity contribution is 4.94. The molecule has 0 aromatic carbocycles. The molecule has 1 saturated carbocycles. The number of hydrogen-bond acceptors (Lipinski definition) is 3. The third-order valence-electron chi connectivity index (χ3n) is 4.15. The molecule has 3 fully saturated rings. The number of rotatable bonds is 4. The van der Waals surface area contributed by atoms with Crippen LogP contribution in [-0.2, 0) is 9.47 Å². The highest BCUT2D eigenvalue weighted by Gasteiger charge is 2.40. The van der Waals surface area contributed by atoms with E-state index in [4.69, 9.17) is 9.47 Å². The SMILES string of the molecule is CC1CCC(CNC2CCOC2C2CC2)O1. The molecule has 92 valence electrons. The maximum absolute atomic E-state index is 5.83. The van der Waals surface area contributed by atoms with Gasteiger partial charge in [0, 0.05) is 19.2 Å². The van der Waals surface area contributed by atoms with E-state index in [1.54, 1.807) is 0 Å². The molecule has 4 unspecified atom stereocenters. The normalized spacial score (nSPS) is 44.1. The van der Waals surface area contributed by atoms with Crippen molar-refractivity contribution in [2.45, 2.75) is 63.4 Å². The first kappa shape index (κ1) is 11.0. The van der Waals surface area contributed by atoms with Gasteiger partial charge in [-0.15, -0.1) is 0 Å². The van der Waals surface area contributed by atoms with Gasteiger partial charge in [-0.3, -0.25) is 0 Å². The molecule has 16 heavy (non-hydrogen) atoms. The van der Waals surface area contributed by atoms with Gasteiger partial charge in [0.25, 0.3) is 0 Å². The van der Waals surface area contributed by atoms with Crippen molar-refractivity contribution in [3.63, 3.8) is 0 Å². The van der Waals surface area contributed by atoms with Crippen molar-refractivity contribution in [2.75, 3.05) is 13.2 Å². The molecule has 3 aliphatic rings. The minimum atomic E-state index is 0.440. The van der Waals surface area contributed by atoms with Crippen molar-refractivity contribution < 1.29 is 9.47 Å². The van der Waals surface area contributed by atoms with Crippen LogP contribution in [-0.4, -0.2) is 37.5 Å². The van der Waals surface area contributed by atoms with E-state index in [2.05, 4.69) is 12.2 Å². The van der Waals surface area contributed by atoms with Crippen LogP contribution in [0.25, 0.3) is 0 Å². The molecule has 3 nitrogen and oxygen atoms in total. The summed E-state index contributed by atoms with van der Waals surface area (Å²) in [5.74, 6) is 0.850. The smallest absolute Gasteiger partial charge is 0.0756 e. The molecule has 0 bridgehead atoms. The second-order valence-electron chi connectivity index (χ2n) is 5.62.